The molecular weight excluding hydrogens is 242 g/mol. The van der Waals surface area contributed by atoms with E-state index in [4.69, 9.17) is 4.74 Å². The van der Waals surface area contributed by atoms with Gasteiger partial charge in [-0.1, -0.05) is 6.42 Å². The zero-order chi connectivity index (χ0) is 13.8. The van der Waals surface area contributed by atoms with Crippen LogP contribution in [0.3, 0.4) is 0 Å². The molecule has 0 radical (unpaired) electrons. The lowest BCUT2D eigenvalue weighted by molar-refractivity contribution is 0.0312. The number of hydrogen-bond donors (Lipinski definition) is 2. The molecule has 2 N–H and O–H groups in total. The number of rotatable bonds is 4. The zero-order valence-corrected chi connectivity index (χ0v) is 11.7. The highest BCUT2D eigenvalue weighted by atomic mass is 16.5. The van der Waals surface area contributed by atoms with Crippen LogP contribution in [0.25, 0.3) is 0 Å². The number of ether oxygens (including phenoxy) is 1. The highest BCUT2D eigenvalue weighted by Gasteiger charge is 2.26. The van der Waals surface area contributed by atoms with Gasteiger partial charge in [-0.25, -0.2) is 0 Å². The van der Waals surface area contributed by atoms with E-state index in [1.165, 1.54) is 0 Å². The normalized spacial score (nSPS) is 22.2. The van der Waals surface area contributed by atoms with Gasteiger partial charge in [0.25, 0.3) is 0 Å². The third-order valence-corrected chi connectivity index (χ3v) is 3.88. The number of methoxy groups -OCH3 is 1. The summed E-state index contributed by atoms with van der Waals surface area (Å²) in [4.78, 5) is 2.25. The molecule has 0 aliphatic carbocycles. The van der Waals surface area contributed by atoms with Gasteiger partial charge in [0.1, 0.15) is 11.5 Å². The van der Waals surface area contributed by atoms with Crippen LogP contribution in [-0.2, 0) is 6.54 Å². The molecule has 0 aromatic heterocycles. The Morgan fingerprint density at radius 2 is 2.21 bits per heavy atom. The van der Waals surface area contributed by atoms with Gasteiger partial charge in [-0.2, -0.15) is 0 Å². The number of nitrogens with zero attached hydrogens (tertiary/aromatic N) is 1. The fourth-order valence-corrected chi connectivity index (χ4v) is 2.79. The van der Waals surface area contributed by atoms with Crippen LogP contribution >= 0.6 is 0 Å². The average molecular weight is 265 g/mol. The van der Waals surface area contributed by atoms with Crippen molar-refractivity contribution < 1.29 is 14.9 Å². The van der Waals surface area contributed by atoms with Crippen molar-refractivity contribution >= 4 is 0 Å². The molecule has 2 rings (SSSR count). The van der Waals surface area contributed by atoms with Gasteiger partial charge in [-0.15, -0.1) is 0 Å². The van der Waals surface area contributed by atoms with E-state index in [0.29, 0.717) is 6.54 Å². The van der Waals surface area contributed by atoms with Crippen LogP contribution in [0.15, 0.2) is 18.2 Å². The van der Waals surface area contributed by atoms with Gasteiger partial charge < -0.3 is 14.9 Å². The molecule has 19 heavy (non-hydrogen) atoms. The highest BCUT2D eigenvalue weighted by molar-refractivity contribution is 5.39. The fraction of sp³-hybridized carbons (Fsp3) is 0.600. The average Bonchev–Trinajstić information content (AvgIpc) is 2.41. The van der Waals surface area contributed by atoms with Crippen LogP contribution in [0.1, 0.15) is 31.7 Å². The second kappa shape index (κ2) is 6.26. The molecule has 1 heterocycles. The largest absolute Gasteiger partial charge is 0.508 e. The minimum atomic E-state index is -0.340. The van der Waals surface area contributed by atoms with E-state index in [0.717, 1.165) is 37.1 Å². The van der Waals surface area contributed by atoms with Crippen molar-refractivity contribution in [1.82, 2.24) is 4.90 Å². The summed E-state index contributed by atoms with van der Waals surface area (Å²) in [6.07, 6.45) is 2.99. The molecule has 1 aliphatic heterocycles. The monoisotopic (exact) mass is 265 g/mol. The van der Waals surface area contributed by atoms with Gasteiger partial charge in [0.2, 0.25) is 0 Å². The molecule has 1 aliphatic rings. The molecule has 1 saturated heterocycles. The summed E-state index contributed by atoms with van der Waals surface area (Å²) < 4.78 is 5.19. The lowest BCUT2D eigenvalue weighted by Gasteiger charge is -2.37. The molecule has 0 spiro atoms. The maximum atomic E-state index is 9.94. The smallest absolute Gasteiger partial charge is 0.120 e. The Morgan fingerprint density at radius 1 is 1.42 bits per heavy atom. The summed E-state index contributed by atoms with van der Waals surface area (Å²) in [5, 5.41) is 19.8. The summed E-state index contributed by atoms with van der Waals surface area (Å²) in [5.41, 5.74) is 0.854. The van der Waals surface area contributed by atoms with Crippen LogP contribution in [0.5, 0.6) is 11.5 Å². The van der Waals surface area contributed by atoms with Crippen LogP contribution < -0.4 is 4.74 Å². The molecule has 1 fully saturated rings. The number of aliphatic hydroxyl groups is 1. The quantitative estimate of drug-likeness (QED) is 0.875. The number of aromatic hydroxyl groups is 1. The molecule has 2 unspecified atom stereocenters. The minimum absolute atomic E-state index is 0.180. The van der Waals surface area contributed by atoms with E-state index in [-0.39, 0.29) is 17.9 Å². The van der Waals surface area contributed by atoms with Crippen LogP contribution in [0.4, 0.5) is 0 Å². The summed E-state index contributed by atoms with van der Waals surface area (Å²) in [7, 11) is 1.62. The van der Waals surface area contributed by atoms with E-state index >= 15 is 0 Å². The summed E-state index contributed by atoms with van der Waals surface area (Å²) >= 11 is 0. The Labute approximate surface area is 114 Å². The zero-order valence-electron chi connectivity index (χ0n) is 11.7. The molecule has 1 aromatic rings. The highest BCUT2D eigenvalue weighted by Crippen LogP contribution is 2.28. The van der Waals surface area contributed by atoms with Crippen LogP contribution in [0.2, 0.25) is 0 Å². The Morgan fingerprint density at radius 3 is 2.89 bits per heavy atom. The van der Waals surface area contributed by atoms with Crippen molar-refractivity contribution in [1.29, 1.82) is 0 Å². The predicted octanol–water partition coefficient (Wildman–Crippen LogP) is 2.14. The van der Waals surface area contributed by atoms with Crippen molar-refractivity contribution in [3.63, 3.8) is 0 Å². The van der Waals surface area contributed by atoms with Crippen LogP contribution in [-0.4, -0.2) is 40.9 Å². The van der Waals surface area contributed by atoms with Gasteiger partial charge >= 0.3 is 0 Å². The van der Waals surface area contributed by atoms with Gasteiger partial charge in [-0.05, 0) is 44.5 Å². The van der Waals surface area contributed by atoms with Crippen molar-refractivity contribution in [2.75, 3.05) is 13.7 Å². The summed E-state index contributed by atoms with van der Waals surface area (Å²) in [6.45, 7) is 3.46. The Bertz CT molecular complexity index is 420. The van der Waals surface area contributed by atoms with Crippen molar-refractivity contribution in [2.24, 2.45) is 0 Å². The second-order valence-electron chi connectivity index (χ2n) is 5.27. The van der Waals surface area contributed by atoms with Crippen molar-refractivity contribution in [3.05, 3.63) is 23.8 Å². The molecule has 0 amide bonds. The molecular formula is C15H23NO3. The first-order chi connectivity index (χ1) is 9.11. The first-order valence-electron chi connectivity index (χ1n) is 6.90. The molecule has 4 heteroatoms. The third-order valence-electron chi connectivity index (χ3n) is 3.88. The van der Waals surface area contributed by atoms with Crippen LogP contribution in [0, 0.1) is 0 Å². The SMILES string of the molecule is COc1ccc(O)c(CN2CCCCC2C(C)O)c1. The van der Waals surface area contributed by atoms with E-state index in [1.807, 2.05) is 13.0 Å². The topological polar surface area (TPSA) is 52.9 Å². The summed E-state index contributed by atoms with van der Waals surface area (Å²) in [6, 6.07) is 5.46. The van der Waals surface area contributed by atoms with Gasteiger partial charge in [0.05, 0.1) is 13.2 Å². The number of phenolic OH excluding ortho intramolecular Hbond substituents is 1. The molecule has 2 atom stereocenters. The van der Waals surface area contributed by atoms with Crippen molar-refractivity contribution in [3.8, 4) is 11.5 Å². The third kappa shape index (κ3) is 3.39. The van der Waals surface area contributed by atoms with E-state index in [1.54, 1.807) is 19.2 Å². The number of aliphatic hydroxyl groups excluding tert-OH is 1. The minimum Gasteiger partial charge on any atom is -0.508 e. The lowest BCUT2D eigenvalue weighted by atomic mass is 9.97. The Hall–Kier alpha value is -1.26. The van der Waals surface area contributed by atoms with Gasteiger partial charge in [-0.3, -0.25) is 4.90 Å². The Kier molecular flexibility index (Phi) is 4.66. The standard InChI is InChI=1S/C15H23NO3/c1-11(17)14-5-3-4-8-16(14)10-12-9-13(19-2)6-7-15(12)18/h6-7,9,11,14,17-18H,3-5,8,10H2,1-2H3. The van der Waals surface area contributed by atoms with E-state index in [9.17, 15) is 10.2 Å². The van der Waals surface area contributed by atoms with Gasteiger partial charge in [0.15, 0.2) is 0 Å². The number of piperidine rings is 1. The van der Waals surface area contributed by atoms with E-state index < -0.39 is 0 Å². The number of phenols is 1. The lowest BCUT2D eigenvalue weighted by Crippen LogP contribution is -2.45. The Balaban J connectivity index is 2.14. The number of hydrogen-bond acceptors (Lipinski definition) is 4. The second-order valence-corrected chi connectivity index (χ2v) is 5.27. The predicted molar refractivity (Wildman–Crippen MR) is 74.4 cm³/mol. The first kappa shape index (κ1) is 14.2. The maximum Gasteiger partial charge on any atom is 0.120 e. The molecule has 106 valence electrons. The molecule has 0 bridgehead atoms. The number of likely N-dealkylation sites (tertiary alicyclic amines) is 1. The molecule has 4 nitrogen and oxygen atoms in total. The van der Waals surface area contributed by atoms with Gasteiger partial charge in [0, 0.05) is 18.2 Å². The maximum absolute atomic E-state index is 9.94. The fourth-order valence-electron chi connectivity index (χ4n) is 2.79. The summed E-state index contributed by atoms with van der Waals surface area (Å²) in [5.74, 6) is 1.04. The first-order valence-corrected chi connectivity index (χ1v) is 6.90. The molecule has 1 aromatic carbocycles. The van der Waals surface area contributed by atoms with E-state index in [2.05, 4.69) is 4.90 Å². The number of benzene rings is 1. The van der Waals surface area contributed by atoms with Crippen molar-refractivity contribution in [2.45, 2.75) is 44.9 Å². The molecule has 0 saturated carbocycles.